The van der Waals surface area contributed by atoms with Crippen LogP contribution in [0.1, 0.15) is 31.2 Å². The van der Waals surface area contributed by atoms with Gasteiger partial charge in [-0.2, -0.15) is 0 Å². The molecule has 1 aromatic rings. The van der Waals surface area contributed by atoms with Crippen molar-refractivity contribution in [3.8, 4) is 11.5 Å². The molecule has 3 amide bonds. The third kappa shape index (κ3) is 4.87. The summed E-state index contributed by atoms with van der Waals surface area (Å²) >= 11 is 6.98. The van der Waals surface area contributed by atoms with Crippen LogP contribution in [0, 0.1) is 0 Å². The molecule has 156 valence electrons. The van der Waals surface area contributed by atoms with Gasteiger partial charge in [0.25, 0.3) is 11.1 Å². The quantitative estimate of drug-likeness (QED) is 0.651. The molecule has 0 radical (unpaired) electrons. The minimum Gasteiger partial charge on any atom is -0.496 e. The monoisotopic (exact) mass is 438 g/mol. The van der Waals surface area contributed by atoms with Crippen molar-refractivity contribution >= 4 is 46.5 Å². The first-order chi connectivity index (χ1) is 13.9. The maximum Gasteiger partial charge on any atom is 0.294 e. The molecule has 2 aliphatic heterocycles. The van der Waals surface area contributed by atoms with E-state index >= 15 is 0 Å². The summed E-state index contributed by atoms with van der Waals surface area (Å²) in [6.45, 7) is 1.11. The highest BCUT2D eigenvalue weighted by Crippen LogP contribution is 2.37. The Labute approximate surface area is 178 Å². The Morgan fingerprint density at radius 1 is 1.10 bits per heavy atom. The Hall–Kier alpha value is -2.19. The lowest BCUT2D eigenvalue weighted by molar-refractivity contribution is -0.135. The summed E-state index contributed by atoms with van der Waals surface area (Å²) in [5.74, 6) is 0.216. The third-order valence-electron chi connectivity index (χ3n) is 4.92. The van der Waals surface area contributed by atoms with E-state index in [2.05, 4.69) is 0 Å². The fourth-order valence-electron chi connectivity index (χ4n) is 3.33. The summed E-state index contributed by atoms with van der Waals surface area (Å²) in [4.78, 5) is 40.7. The van der Waals surface area contributed by atoms with Gasteiger partial charge in [-0.25, -0.2) is 0 Å². The van der Waals surface area contributed by atoms with Gasteiger partial charge >= 0.3 is 0 Å². The first-order valence-corrected chi connectivity index (χ1v) is 10.6. The van der Waals surface area contributed by atoms with Gasteiger partial charge in [0, 0.05) is 24.7 Å². The summed E-state index contributed by atoms with van der Waals surface area (Å²) in [5.41, 5.74) is 0.544. The number of carbonyl (C=O) groups is 3. The minimum atomic E-state index is -0.489. The maximum atomic E-state index is 12.8. The van der Waals surface area contributed by atoms with Gasteiger partial charge in [-0.15, -0.1) is 0 Å². The van der Waals surface area contributed by atoms with Crippen molar-refractivity contribution in [3.05, 3.63) is 27.6 Å². The van der Waals surface area contributed by atoms with Crippen LogP contribution in [0.3, 0.4) is 0 Å². The second kappa shape index (κ2) is 9.54. The Kier molecular flexibility index (Phi) is 7.08. The highest BCUT2D eigenvalue weighted by Gasteiger charge is 2.37. The number of ether oxygens (including phenoxy) is 2. The van der Waals surface area contributed by atoms with Crippen molar-refractivity contribution in [2.24, 2.45) is 0 Å². The van der Waals surface area contributed by atoms with Gasteiger partial charge in [-0.1, -0.05) is 24.4 Å². The molecule has 1 aromatic carbocycles. The predicted molar refractivity (Wildman–Crippen MR) is 112 cm³/mol. The number of likely N-dealkylation sites (tertiary alicyclic amines) is 1. The fraction of sp³-hybridized carbons (Fsp3) is 0.450. The third-order valence-corrected chi connectivity index (χ3v) is 6.12. The van der Waals surface area contributed by atoms with Crippen LogP contribution in [0.25, 0.3) is 6.08 Å². The Morgan fingerprint density at radius 3 is 2.38 bits per heavy atom. The van der Waals surface area contributed by atoms with E-state index in [9.17, 15) is 14.4 Å². The molecule has 2 saturated heterocycles. The van der Waals surface area contributed by atoms with Gasteiger partial charge in [-0.05, 0) is 36.7 Å². The number of thioether (sulfide) groups is 1. The number of rotatable bonds is 5. The van der Waals surface area contributed by atoms with E-state index < -0.39 is 11.1 Å². The van der Waals surface area contributed by atoms with Crippen LogP contribution in [-0.4, -0.2) is 60.7 Å². The summed E-state index contributed by atoms with van der Waals surface area (Å²) in [7, 11) is 2.98. The average Bonchev–Trinajstić information content (AvgIpc) is 2.90. The molecule has 2 heterocycles. The van der Waals surface area contributed by atoms with Gasteiger partial charge in [0.1, 0.15) is 18.0 Å². The number of hydrogen-bond acceptors (Lipinski definition) is 6. The number of carbonyl (C=O) groups excluding carboxylic acids is 3. The molecule has 3 rings (SSSR count). The summed E-state index contributed by atoms with van der Waals surface area (Å²) < 4.78 is 10.5. The number of methoxy groups -OCH3 is 2. The molecule has 7 nitrogen and oxygen atoms in total. The topological polar surface area (TPSA) is 76.2 Å². The molecular formula is C20H23ClN2O5S. The number of amides is 3. The van der Waals surface area contributed by atoms with Crippen LogP contribution in [-0.2, 0) is 9.59 Å². The van der Waals surface area contributed by atoms with Crippen molar-refractivity contribution in [2.45, 2.75) is 25.7 Å². The maximum absolute atomic E-state index is 12.8. The Bertz CT molecular complexity index is 850. The first-order valence-electron chi connectivity index (χ1n) is 9.39. The van der Waals surface area contributed by atoms with Crippen LogP contribution in [0.15, 0.2) is 17.0 Å². The van der Waals surface area contributed by atoms with Gasteiger partial charge in [0.05, 0.1) is 24.1 Å². The molecule has 0 bridgehead atoms. The van der Waals surface area contributed by atoms with Crippen molar-refractivity contribution in [2.75, 3.05) is 33.9 Å². The molecule has 0 N–H and O–H groups in total. The minimum absolute atomic E-state index is 0.194. The number of hydrogen-bond donors (Lipinski definition) is 0. The van der Waals surface area contributed by atoms with Gasteiger partial charge in [-0.3, -0.25) is 19.3 Å². The Balaban J connectivity index is 1.78. The second-order valence-electron chi connectivity index (χ2n) is 6.79. The molecular weight excluding hydrogens is 416 g/mol. The van der Waals surface area contributed by atoms with Gasteiger partial charge < -0.3 is 14.4 Å². The lowest BCUT2D eigenvalue weighted by atomic mass is 10.1. The molecule has 0 saturated carbocycles. The zero-order valence-electron chi connectivity index (χ0n) is 16.4. The standard InChI is InChI=1S/C20H23ClN2O5S/c1-27-15-11-16(28-2)14(21)9-13(15)10-17-19(25)23(20(26)29-17)12-18(24)22-7-5-3-4-6-8-22/h9-11H,3-8,12H2,1-2H3/b17-10-. The number of benzene rings is 1. The van der Waals surface area contributed by atoms with E-state index in [-0.39, 0.29) is 17.4 Å². The number of imide groups is 1. The average molecular weight is 439 g/mol. The van der Waals surface area contributed by atoms with Crippen LogP contribution < -0.4 is 9.47 Å². The summed E-state index contributed by atoms with van der Waals surface area (Å²) in [5, 5.41) is -0.0990. The number of halogens is 1. The molecule has 0 atom stereocenters. The van der Waals surface area contributed by atoms with Gasteiger partial charge in [0.2, 0.25) is 5.91 Å². The van der Waals surface area contributed by atoms with Crippen LogP contribution in [0.5, 0.6) is 11.5 Å². The van der Waals surface area contributed by atoms with E-state index in [0.29, 0.717) is 35.2 Å². The normalized spacial score (nSPS) is 18.9. The highest BCUT2D eigenvalue weighted by molar-refractivity contribution is 8.18. The highest BCUT2D eigenvalue weighted by atomic mass is 35.5. The zero-order chi connectivity index (χ0) is 21.0. The second-order valence-corrected chi connectivity index (χ2v) is 8.19. The van der Waals surface area contributed by atoms with Crippen LogP contribution >= 0.6 is 23.4 Å². The molecule has 0 aromatic heterocycles. The summed E-state index contributed by atoms with van der Waals surface area (Å²) in [6, 6.07) is 3.22. The first kappa shape index (κ1) is 21.5. The van der Waals surface area contributed by atoms with E-state index in [4.69, 9.17) is 21.1 Å². The van der Waals surface area contributed by atoms with E-state index in [1.54, 1.807) is 23.1 Å². The Morgan fingerprint density at radius 2 is 1.76 bits per heavy atom. The van der Waals surface area contributed by atoms with Crippen LogP contribution in [0.2, 0.25) is 5.02 Å². The molecule has 2 aliphatic rings. The van der Waals surface area contributed by atoms with Crippen molar-refractivity contribution in [1.82, 2.24) is 9.80 Å². The van der Waals surface area contributed by atoms with E-state index in [0.717, 1.165) is 42.3 Å². The van der Waals surface area contributed by atoms with E-state index in [1.807, 2.05) is 0 Å². The van der Waals surface area contributed by atoms with Crippen molar-refractivity contribution < 1.29 is 23.9 Å². The molecule has 2 fully saturated rings. The lowest BCUT2D eigenvalue weighted by Crippen LogP contribution is -2.42. The zero-order valence-corrected chi connectivity index (χ0v) is 18.0. The SMILES string of the molecule is COc1cc(OC)c(/C=C2\SC(=O)N(CC(=O)N3CCCCCC3)C2=O)cc1Cl. The molecule has 0 unspecified atom stereocenters. The summed E-state index contributed by atoms with van der Waals surface area (Å²) in [6.07, 6.45) is 5.64. The smallest absolute Gasteiger partial charge is 0.294 e. The largest absolute Gasteiger partial charge is 0.496 e. The fourth-order valence-corrected chi connectivity index (χ4v) is 4.41. The lowest BCUT2D eigenvalue weighted by Gasteiger charge is -2.22. The van der Waals surface area contributed by atoms with Crippen LogP contribution in [0.4, 0.5) is 4.79 Å². The number of nitrogens with zero attached hydrogens (tertiary/aromatic N) is 2. The molecule has 0 aliphatic carbocycles. The predicted octanol–water partition coefficient (Wildman–Crippen LogP) is 3.80. The van der Waals surface area contributed by atoms with Crippen molar-refractivity contribution in [1.29, 1.82) is 0 Å². The molecule has 9 heteroatoms. The molecule has 0 spiro atoms. The van der Waals surface area contributed by atoms with Gasteiger partial charge in [0.15, 0.2) is 0 Å². The van der Waals surface area contributed by atoms with E-state index in [1.165, 1.54) is 14.2 Å². The van der Waals surface area contributed by atoms with Crippen molar-refractivity contribution in [3.63, 3.8) is 0 Å². The molecule has 29 heavy (non-hydrogen) atoms.